The van der Waals surface area contributed by atoms with Crippen LogP contribution in [0.1, 0.15) is 107 Å². The molecule has 6 aliphatic heterocycles. The fourth-order valence-electron chi connectivity index (χ4n) is 11.0. The first-order valence-electron chi connectivity index (χ1n) is 23.2. The van der Waals surface area contributed by atoms with Gasteiger partial charge in [-0.3, -0.25) is 4.79 Å². The summed E-state index contributed by atoms with van der Waals surface area (Å²) in [4.78, 5) is 14.4. The average molecular weight is 875 g/mol. The quantitative estimate of drug-likeness (QED) is 0.204. The first-order chi connectivity index (χ1) is 29.5. The van der Waals surface area contributed by atoms with Gasteiger partial charge in [0, 0.05) is 52.2 Å². The molecule has 1 aliphatic carbocycles. The van der Waals surface area contributed by atoms with E-state index in [4.69, 9.17) is 47.4 Å². The molecule has 0 aromatic heterocycles. The average Bonchev–Trinajstić information content (AvgIpc) is 3.58. The summed E-state index contributed by atoms with van der Waals surface area (Å²) >= 11 is 0. The summed E-state index contributed by atoms with van der Waals surface area (Å²) in [5.74, 6) is -2.10. The Morgan fingerprint density at radius 2 is 1.63 bits per heavy atom. The van der Waals surface area contributed by atoms with Crippen LogP contribution in [0.2, 0.25) is 0 Å². The molecule has 14 heteroatoms. The molecule has 0 aromatic carbocycles. The maximum Gasteiger partial charge on any atom is 0.316 e. The Morgan fingerprint density at radius 1 is 0.919 bits per heavy atom. The predicted molar refractivity (Wildman–Crippen MR) is 227 cm³/mol. The van der Waals surface area contributed by atoms with Crippen LogP contribution in [-0.2, 0) is 52.2 Å². The van der Waals surface area contributed by atoms with Crippen LogP contribution in [0.5, 0.6) is 0 Å². The normalized spacial score (nSPS) is 48.6. The Labute approximate surface area is 368 Å². The van der Waals surface area contributed by atoms with Gasteiger partial charge in [0.25, 0.3) is 0 Å². The van der Waals surface area contributed by atoms with Crippen molar-refractivity contribution in [2.45, 2.75) is 204 Å². The zero-order valence-corrected chi connectivity index (χ0v) is 38.5. The molecule has 350 valence electrons. The third-order valence-corrected chi connectivity index (χ3v) is 14.9. The van der Waals surface area contributed by atoms with Crippen molar-refractivity contribution in [2.24, 2.45) is 23.7 Å². The number of aliphatic hydroxyl groups is 3. The molecule has 7 rings (SSSR count). The first kappa shape index (κ1) is 47.9. The zero-order valence-electron chi connectivity index (χ0n) is 38.5. The van der Waals surface area contributed by atoms with Gasteiger partial charge in [-0.2, -0.15) is 0 Å². The minimum Gasteiger partial charge on any atom is -0.462 e. The van der Waals surface area contributed by atoms with Gasteiger partial charge in [-0.1, -0.05) is 64.5 Å². The highest BCUT2D eigenvalue weighted by atomic mass is 16.7. The summed E-state index contributed by atoms with van der Waals surface area (Å²) in [7, 11) is 3.23. The maximum absolute atomic E-state index is 14.4. The van der Waals surface area contributed by atoms with Gasteiger partial charge in [-0.05, 0) is 69.1 Å². The van der Waals surface area contributed by atoms with Gasteiger partial charge in [0.2, 0.25) is 0 Å². The number of carbonyl (C=O) groups excluding carboxylic acids is 1. The maximum atomic E-state index is 14.4. The molecule has 0 saturated carbocycles. The topological polar surface area (TPSA) is 170 Å². The van der Waals surface area contributed by atoms with Gasteiger partial charge < -0.3 is 62.7 Å². The second kappa shape index (κ2) is 19.8. The monoisotopic (exact) mass is 875 g/mol. The number of ether oxygens (including phenoxy) is 10. The minimum absolute atomic E-state index is 0.00708. The number of methoxy groups -OCH3 is 2. The molecule has 5 fully saturated rings. The molecule has 20 atom stereocenters. The van der Waals surface area contributed by atoms with E-state index < -0.39 is 90.8 Å². The Balaban J connectivity index is 1.18. The molecule has 0 amide bonds. The lowest BCUT2D eigenvalue weighted by Crippen LogP contribution is -2.58. The van der Waals surface area contributed by atoms with E-state index in [-0.39, 0.29) is 30.8 Å². The van der Waals surface area contributed by atoms with Crippen molar-refractivity contribution < 1.29 is 67.5 Å². The van der Waals surface area contributed by atoms with E-state index in [9.17, 15) is 20.1 Å². The Hall–Kier alpha value is -2.05. The minimum atomic E-state index is -1.82. The molecule has 62 heavy (non-hydrogen) atoms. The van der Waals surface area contributed by atoms with E-state index in [0.29, 0.717) is 61.5 Å². The summed E-state index contributed by atoms with van der Waals surface area (Å²) in [5, 5.41) is 34.2. The van der Waals surface area contributed by atoms with Gasteiger partial charge in [0.1, 0.15) is 42.0 Å². The lowest BCUT2D eigenvalue weighted by molar-refractivity contribution is -0.340. The summed E-state index contributed by atoms with van der Waals surface area (Å²) in [6.07, 6.45) is 6.53. The number of hydrogen-bond acceptors (Lipinski definition) is 14. The number of rotatable bonds is 8. The highest BCUT2D eigenvalue weighted by Crippen LogP contribution is 2.48. The fourth-order valence-corrected chi connectivity index (χ4v) is 11.0. The van der Waals surface area contributed by atoms with Crippen LogP contribution in [0.3, 0.4) is 0 Å². The summed E-state index contributed by atoms with van der Waals surface area (Å²) in [5.41, 5.74) is 0.188. The van der Waals surface area contributed by atoms with E-state index in [1.165, 1.54) is 0 Å². The van der Waals surface area contributed by atoms with Crippen molar-refractivity contribution in [3.63, 3.8) is 0 Å². The fraction of sp³-hybridized carbons (Fsp3) is 0.812. The van der Waals surface area contributed by atoms with Crippen molar-refractivity contribution >= 4 is 5.97 Å². The predicted octanol–water partition coefficient (Wildman–Crippen LogP) is 5.60. The zero-order chi connectivity index (χ0) is 44.7. The number of allylic oxidation sites excluding steroid dienone is 2. The van der Waals surface area contributed by atoms with Gasteiger partial charge >= 0.3 is 5.97 Å². The summed E-state index contributed by atoms with van der Waals surface area (Å²) < 4.78 is 63.9. The van der Waals surface area contributed by atoms with Crippen molar-refractivity contribution in [1.29, 1.82) is 0 Å². The molecule has 6 heterocycles. The Morgan fingerprint density at radius 3 is 2.35 bits per heavy atom. The van der Waals surface area contributed by atoms with Gasteiger partial charge in [0.05, 0.1) is 49.3 Å². The largest absolute Gasteiger partial charge is 0.462 e. The van der Waals surface area contributed by atoms with E-state index in [1.807, 2.05) is 19.1 Å². The molecule has 3 N–H and O–H groups in total. The molecule has 7 aliphatic rings. The summed E-state index contributed by atoms with van der Waals surface area (Å²) in [6, 6.07) is 0. The molecule has 5 saturated heterocycles. The third kappa shape index (κ3) is 9.73. The van der Waals surface area contributed by atoms with Gasteiger partial charge in [0.15, 0.2) is 18.4 Å². The van der Waals surface area contributed by atoms with Crippen LogP contribution >= 0.6 is 0 Å². The van der Waals surface area contributed by atoms with Crippen LogP contribution in [0.4, 0.5) is 0 Å². The highest BCUT2D eigenvalue weighted by Gasteiger charge is 2.60. The van der Waals surface area contributed by atoms with Crippen LogP contribution in [-0.4, -0.2) is 139 Å². The van der Waals surface area contributed by atoms with Gasteiger partial charge in [-0.25, -0.2) is 0 Å². The molecule has 2 bridgehead atoms. The SMILES string of the molecule is CCC(C)C1OC2(CCC1C)CC1CC(C/C=C(/C)C(OC3CC(OC)C(OC4CC(OC)C(O)C(C)O4)C(C)O3)C(C)/C=C\C=C3COC4C(O)C(C)=CC(C(=O)O1)C34O)O2. The van der Waals surface area contributed by atoms with E-state index >= 15 is 0 Å². The van der Waals surface area contributed by atoms with Crippen LogP contribution < -0.4 is 0 Å². The lowest BCUT2D eigenvalue weighted by Gasteiger charge is -2.51. The molecule has 0 radical (unpaired) electrons. The van der Waals surface area contributed by atoms with Crippen LogP contribution in [0.25, 0.3) is 0 Å². The highest BCUT2D eigenvalue weighted by molar-refractivity contribution is 5.78. The number of aliphatic hydroxyl groups excluding tert-OH is 2. The smallest absolute Gasteiger partial charge is 0.316 e. The van der Waals surface area contributed by atoms with E-state index in [1.54, 1.807) is 40.2 Å². The number of carbonyl (C=O) groups is 1. The van der Waals surface area contributed by atoms with Gasteiger partial charge in [-0.15, -0.1) is 0 Å². The standard InChI is InChI=1S/C48H74O14/c1-11-25(2)43-28(5)17-18-47(62-43)23-34-20-33(61-47)16-15-27(4)42(26(3)13-12-14-32-24-55-45-40(49)29(6)19-35(46(51)58-34)48(32,45)52)59-39-22-37(54-10)44(31(8)57-39)60-38-21-36(53-9)41(50)30(7)56-38/h12-15,19,25-26,28,30-31,33-45,49-50,52H,11,16-18,20-24H2,1-10H3/b13-12-,27-15-,32-14?. The first-order valence-corrected chi connectivity index (χ1v) is 23.2. The van der Waals surface area contributed by atoms with Crippen molar-refractivity contribution in [3.8, 4) is 0 Å². The van der Waals surface area contributed by atoms with Crippen molar-refractivity contribution in [3.05, 3.63) is 47.1 Å². The number of hydrogen-bond donors (Lipinski definition) is 3. The van der Waals surface area contributed by atoms with E-state index in [2.05, 4.69) is 40.7 Å². The van der Waals surface area contributed by atoms with E-state index in [0.717, 1.165) is 18.4 Å². The van der Waals surface area contributed by atoms with Crippen molar-refractivity contribution in [2.75, 3.05) is 20.8 Å². The molecule has 20 unspecified atom stereocenters. The summed E-state index contributed by atoms with van der Waals surface area (Å²) in [6.45, 7) is 16.3. The van der Waals surface area contributed by atoms with Crippen LogP contribution in [0, 0.1) is 23.7 Å². The number of esters is 1. The second-order valence-corrected chi connectivity index (χ2v) is 19.4. The Kier molecular flexibility index (Phi) is 15.3. The number of fused-ring (bicyclic) bond motifs is 2. The van der Waals surface area contributed by atoms with Crippen LogP contribution in [0.15, 0.2) is 47.1 Å². The third-order valence-electron chi connectivity index (χ3n) is 14.9. The molecule has 14 nitrogen and oxygen atoms in total. The molecular weight excluding hydrogens is 801 g/mol. The second-order valence-electron chi connectivity index (χ2n) is 19.4. The molecule has 1 spiro atoms. The van der Waals surface area contributed by atoms with Crippen molar-refractivity contribution in [1.82, 2.24) is 0 Å². The Bertz CT molecular complexity index is 1680. The molecular formula is C48H74O14. The molecule has 0 aromatic rings. The lowest BCUT2D eigenvalue weighted by atomic mass is 9.71.